The SMILES string of the molecule is O=C(CCn1c(N2CCCCC2)nc2ccccc2c1=O)N1CCN(c2ccccn2)CC1. The topological polar surface area (TPSA) is 74.6 Å². The number of carbonyl (C=O) groups is 1. The van der Waals surface area contributed by atoms with Crippen LogP contribution in [0, 0.1) is 0 Å². The molecule has 5 rings (SSSR count). The Bertz CT molecular complexity index is 1160. The molecule has 0 unspecified atom stereocenters. The fourth-order valence-corrected chi connectivity index (χ4v) is 4.78. The van der Waals surface area contributed by atoms with E-state index in [0.717, 1.165) is 50.4 Å². The van der Waals surface area contributed by atoms with Crippen molar-refractivity contribution in [1.29, 1.82) is 0 Å². The summed E-state index contributed by atoms with van der Waals surface area (Å²) in [7, 11) is 0. The summed E-state index contributed by atoms with van der Waals surface area (Å²) in [5, 5.41) is 0.606. The third-order valence-corrected chi connectivity index (χ3v) is 6.64. The van der Waals surface area contributed by atoms with Crippen molar-refractivity contribution in [3.05, 3.63) is 59.0 Å². The molecule has 2 fully saturated rings. The summed E-state index contributed by atoms with van der Waals surface area (Å²) in [5.41, 5.74) is 0.658. The molecule has 8 heteroatoms. The molecular weight excluding hydrogens is 416 g/mol. The molecule has 2 aliphatic heterocycles. The molecule has 0 N–H and O–H groups in total. The van der Waals surface area contributed by atoms with Crippen LogP contribution < -0.4 is 15.4 Å². The number of anilines is 2. The third kappa shape index (κ3) is 4.55. The van der Waals surface area contributed by atoms with Gasteiger partial charge in [-0.25, -0.2) is 9.97 Å². The van der Waals surface area contributed by atoms with Gasteiger partial charge in [0.2, 0.25) is 11.9 Å². The first-order valence-electron chi connectivity index (χ1n) is 11.9. The standard InChI is InChI=1S/C25H30N6O2/c32-23(29-18-16-28(17-19-29)22-10-4-5-12-26-22)11-15-31-24(33)20-8-2-3-9-21(20)27-25(31)30-13-6-1-7-14-30/h2-5,8-10,12H,1,6-7,11,13-19H2. The molecule has 0 bridgehead atoms. The Morgan fingerprint density at radius 2 is 1.61 bits per heavy atom. The van der Waals surface area contributed by atoms with Crippen molar-refractivity contribution in [3.8, 4) is 0 Å². The van der Waals surface area contributed by atoms with Crippen LogP contribution in [0.1, 0.15) is 25.7 Å². The van der Waals surface area contributed by atoms with Crippen molar-refractivity contribution in [2.45, 2.75) is 32.2 Å². The average Bonchev–Trinajstić information content (AvgIpc) is 2.89. The number of amides is 1. The molecule has 2 aliphatic rings. The van der Waals surface area contributed by atoms with E-state index >= 15 is 0 Å². The van der Waals surface area contributed by atoms with Gasteiger partial charge in [-0.15, -0.1) is 0 Å². The first kappa shape index (κ1) is 21.4. The Balaban J connectivity index is 1.30. The first-order chi connectivity index (χ1) is 16.2. The van der Waals surface area contributed by atoms with Crippen LogP contribution in [0.25, 0.3) is 10.9 Å². The van der Waals surface area contributed by atoms with Crippen molar-refractivity contribution in [2.24, 2.45) is 0 Å². The fourth-order valence-electron chi connectivity index (χ4n) is 4.78. The number of hydrogen-bond donors (Lipinski definition) is 0. The number of pyridine rings is 1. The highest BCUT2D eigenvalue weighted by molar-refractivity contribution is 5.79. The number of hydrogen-bond acceptors (Lipinski definition) is 6. The summed E-state index contributed by atoms with van der Waals surface area (Å²) in [4.78, 5) is 41.9. The number of fused-ring (bicyclic) bond motifs is 1. The molecule has 2 saturated heterocycles. The zero-order valence-corrected chi connectivity index (χ0v) is 18.9. The lowest BCUT2D eigenvalue weighted by atomic mass is 10.1. The maximum absolute atomic E-state index is 13.3. The molecule has 0 saturated carbocycles. The smallest absolute Gasteiger partial charge is 0.262 e. The van der Waals surface area contributed by atoms with E-state index in [0.29, 0.717) is 37.4 Å². The monoisotopic (exact) mass is 446 g/mol. The summed E-state index contributed by atoms with van der Waals surface area (Å²) < 4.78 is 1.72. The minimum Gasteiger partial charge on any atom is -0.353 e. The number of aromatic nitrogens is 3. The summed E-state index contributed by atoms with van der Waals surface area (Å²) in [6, 6.07) is 13.4. The van der Waals surface area contributed by atoms with Crippen LogP contribution in [0.4, 0.5) is 11.8 Å². The predicted molar refractivity (Wildman–Crippen MR) is 130 cm³/mol. The summed E-state index contributed by atoms with van der Waals surface area (Å²) in [5.74, 6) is 1.73. The van der Waals surface area contributed by atoms with Gasteiger partial charge >= 0.3 is 0 Å². The highest BCUT2D eigenvalue weighted by Crippen LogP contribution is 2.20. The normalized spacial score (nSPS) is 16.9. The molecule has 1 aromatic carbocycles. The Morgan fingerprint density at radius 1 is 0.848 bits per heavy atom. The third-order valence-electron chi connectivity index (χ3n) is 6.64. The van der Waals surface area contributed by atoms with Crippen LogP contribution in [0.5, 0.6) is 0 Å². The highest BCUT2D eigenvalue weighted by atomic mass is 16.2. The molecule has 3 aromatic rings. The van der Waals surface area contributed by atoms with Crippen LogP contribution in [-0.4, -0.2) is 64.6 Å². The van der Waals surface area contributed by atoms with Crippen molar-refractivity contribution < 1.29 is 4.79 Å². The predicted octanol–water partition coefficient (Wildman–Crippen LogP) is 2.52. The maximum atomic E-state index is 13.3. The lowest BCUT2D eigenvalue weighted by molar-refractivity contribution is -0.131. The first-order valence-corrected chi connectivity index (χ1v) is 11.9. The summed E-state index contributed by atoms with van der Waals surface area (Å²) in [6.07, 6.45) is 5.49. The number of para-hydroxylation sites is 1. The maximum Gasteiger partial charge on any atom is 0.262 e. The Kier molecular flexibility index (Phi) is 6.24. The molecule has 2 aromatic heterocycles. The molecule has 8 nitrogen and oxygen atoms in total. The van der Waals surface area contributed by atoms with Gasteiger partial charge in [0.15, 0.2) is 0 Å². The number of carbonyl (C=O) groups excluding carboxylic acids is 1. The Labute approximate surface area is 193 Å². The van der Waals surface area contributed by atoms with Gasteiger partial charge in [0.1, 0.15) is 5.82 Å². The largest absolute Gasteiger partial charge is 0.353 e. The van der Waals surface area contributed by atoms with Gasteiger partial charge in [-0.1, -0.05) is 18.2 Å². The van der Waals surface area contributed by atoms with Crippen LogP contribution in [0.3, 0.4) is 0 Å². The Morgan fingerprint density at radius 3 is 2.36 bits per heavy atom. The van der Waals surface area contributed by atoms with Gasteiger partial charge in [0.25, 0.3) is 5.56 Å². The number of rotatable bonds is 5. The minimum atomic E-state index is -0.0612. The van der Waals surface area contributed by atoms with Gasteiger partial charge < -0.3 is 14.7 Å². The molecule has 0 spiro atoms. The lowest BCUT2D eigenvalue weighted by Gasteiger charge is -2.35. The van der Waals surface area contributed by atoms with E-state index in [4.69, 9.17) is 4.98 Å². The lowest BCUT2D eigenvalue weighted by Crippen LogP contribution is -2.49. The Hall–Kier alpha value is -3.42. The molecule has 1 amide bonds. The van der Waals surface area contributed by atoms with Crippen LogP contribution in [0.2, 0.25) is 0 Å². The average molecular weight is 447 g/mol. The van der Waals surface area contributed by atoms with Gasteiger partial charge in [-0.2, -0.15) is 0 Å². The van der Waals surface area contributed by atoms with E-state index in [1.807, 2.05) is 47.4 Å². The van der Waals surface area contributed by atoms with Gasteiger partial charge in [0, 0.05) is 58.4 Å². The van der Waals surface area contributed by atoms with Crippen molar-refractivity contribution >= 4 is 28.6 Å². The van der Waals surface area contributed by atoms with E-state index in [-0.39, 0.29) is 11.5 Å². The zero-order valence-electron chi connectivity index (χ0n) is 18.9. The van der Waals surface area contributed by atoms with E-state index in [2.05, 4.69) is 14.8 Å². The van der Waals surface area contributed by atoms with Crippen molar-refractivity contribution in [1.82, 2.24) is 19.4 Å². The summed E-state index contributed by atoms with van der Waals surface area (Å²) >= 11 is 0. The summed E-state index contributed by atoms with van der Waals surface area (Å²) in [6.45, 7) is 5.00. The van der Waals surface area contributed by atoms with Crippen molar-refractivity contribution in [2.75, 3.05) is 49.1 Å². The van der Waals surface area contributed by atoms with E-state index in [1.54, 1.807) is 10.8 Å². The van der Waals surface area contributed by atoms with Gasteiger partial charge in [-0.05, 0) is 43.5 Å². The van der Waals surface area contributed by atoms with Gasteiger partial charge in [0.05, 0.1) is 10.9 Å². The zero-order chi connectivity index (χ0) is 22.6. The van der Waals surface area contributed by atoms with Crippen LogP contribution in [-0.2, 0) is 11.3 Å². The molecule has 172 valence electrons. The second-order valence-corrected chi connectivity index (χ2v) is 8.74. The minimum absolute atomic E-state index is 0.0612. The van der Waals surface area contributed by atoms with Crippen LogP contribution in [0.15, 0.2) is 53.5 Å². The second kappa shape index (κ2) is 9.60. The highest BCUT2D eigenvalue weighted by Gasteiger charge is 2.23. The van der Waals surface area contributed by atoms with Crippen LogP contribution >= 0.6 is 0 Å². The van der Waals surface area contributed by atoms with Crippen molar-refractivity contribution in [3.63, 3.8) is 0 Å². The quantitative estimate of drug-likeness (QED) is 0.600. The van der Waals surface area contributed by atoms with E-state index in [1.165, 1.54) is 6.42 Å². The fraction of sp³-hybridized carbons (Fsp3) is 0.440. The number of piperazine rings is 1. The molecule has 4 heterocycles. The number of benzene rings is 1. The molecule has 0 atom stereocenters. The molecule has 0 aliphatic carbocycles. The van der Waals surface area contributed by atoms with E-state index in [9.17, 15) is 9.59 Å². The molecule has 33 heavy (non-hydrogen) atoms. The number of piperidine rings is 1. The molecule has 0 radical (unpaired) electrons. The van der Waals surface area contributed by atoms with Gasteiger partial charge in [-0.3, -0.25) is 14.2 Å². The number of nitrogens with zero attached hydrogens (tertiary/aromatic N) is 6. The molecular formula is C25H30N6O2. The second-order valence-electron chi connectivity index (χ2n) is 8.74. The van der Waals surface area contributed by atoms with E-state index < -0.39 is 0 Å².